The Hall–Kier alpha value is -0.250. The summed E-state index contributed by atoms with van der Waals surface area (Å²) < 4.78 is 1.32. The summed E-state index contributed by atoms with van der Waals surface area (Å²) in [5.41, 5.74) is 1.73. The standard InChI is InChI=1S/C13H18IN/c1-13(2)9-5-8-12(13)15-11-7-4-3-6-10(11)14/h3-4,6-7,12,15H,5,8-9H2,1-2H3. The van der Waals surface area contributed by atoms with Crippen molar-refractivity contribution in [1.29, 1.82) is 0 Å². The van der Waals surface area contributed by atoms with Crippen molar-refractivity contribution in [3.8, 4) is 0 Å². The van der Waals surface area contributed by atoms with E-state index in [0.29, 0.717) is 11.5 Å². The fourth-order valence-corrected chi connectivity index (χ4v) is 2.90. The van der Waals surface area contributed by atoms with E-state index in [1.54, 1.807) is 0 Å². The first-order chi connectivity index (χ1) is 7.09. The number of nitrogens with one attached hydrogen (secondary N) is 1. The lowest BCUT2D eigenvalue weighted by Gasteiger charge is -2.29. The molecule has 0 bridgehead atoms. The van der Waals surface area contributed by atoms with Gasteiger partial charge in [0.05, 0.1) is 0 Å². The maximum Gasteiger partial charge on any atom is 0.0478 e. The van der Waals surface area contributed by atoms with E-state index in [9.17, 15) is 0 Å². The maximum atomic E-state index is 3.69. The predicted octanol–water partition coefficient (Wildman–Crippen LogP) is 4.28. The fourth-order valence-electron chi connectivity index (χ4n) is 2.36. The molecule has 15 heavy (non-hydrogen) atoms. The summed E-state index contributed by atoms with van der Waals surface area (Å²) in [7, 11) is 0. The molecule has 1 nitrogen and oxygen atoms in total. The highest BCUT2D eigenvalue weighted by Crippen LogP contribution is 2.39. The molecule has 0 aliphatic heterocycles. The SMILES string of the molecule is CC1(C)CCCC1Nc1ccccc1I. The maximum absolute atomic E-state index is 3.69. The number of halogens is 1. The molecule has 1 fully saturated rings. The van der Waals surface area contributed by atoms with Gasteiger partial charge in [0, 0.05) is 15.3 Å². The smallest absolute Gasteiger partial charge is 0.0478 e. The van der Waals surface area contributed by atoms with Crippen molar-refractivity contribution < 1.29 is 0 Å². The molecule has 1 aliphatic rings. The summed E-state index contributed by atoms with van der Waals surface area (Å²) in [6.45, 7) is 4.74. The van der Waals surface area contributed by atoms with Crippen LogP contribution >= 0.6 is 22.6 Å². The topological polar surface area (TPSA) is 12.0 Å². The molecule has 1 aromatic carbocycles. The second-order valence-electron chi connectivity index (χ2n) is 5.06. The van der Waals surface area contributed by atoms with Crippen molar-refractivity contribution in [2.75, 3.05) is 5.32 Å². The van der Waals surface area contributed by atoms with Gasteiger partial charge in [-0.3, -0.25) is 0 Å². The lowest BCUT2D eigenvalue weighted by Crippen LogP contribution is -2.31. The van der Waals surface area contributed by atoms with Crippen molar-refractivity contribution in [3.63, 3.8) is 0 Å². The number of hydrogen-bond acceptors (Lipinski definition) is 1. The predicted molar refractivity (Wildman–Crippen MR) is 74.2 cm³/mol. The summed E-state index contributed by atoms with van der Waals surface area (Å²) in [6, 6.07) is 9.16. The summed E-state index contributed by atoms with van der Waals surface area (Å²) in [4.78, 5) is 0. The van der Waals surface area contributed by atoms with E-state index >= 15 is 0 Å². The molecule has 0 amide bonds. The molecule has 0 spiro atoms. The Morgan fingerprint density at radius 1 is 1.33 bits per heavy atom. The Morgan fingerprint density at radius 3 is 2.67 bits per heavy atom. The molecular formula is C13H18IN. The number of para-hydroxylation sites is 1. The summed E-state index contributed by atoms with van der Waals surface area (Å²) in [6.07, 6.45) is 4.00. The van der Waals surface area contributed by atoms with Gasteiger partial charge in [0.1, 0.15) is 0 Å². The van der Waals surface area contributed by atoms with Crippen LogP contribution in [-0.2, 0) is 0 Å². The minimum Gasteiger partial charge on any atom is -0.381 e. The van der Waals surface area contributed by atoms with Crippen molar-refractivity contribution in [2.24, 2.45) is 5.41 Å². The van der Waals surface area contributed by atoms with Crippen LogP contribution in [0.4, 0.5) is 5.69 Å². The third kappa shape index (κ3) is 2.47. The largest absolute Gasteiger partial charge is 0.381 e. The van der Waals surface area contributed by atoms with E-state index < -0.39 is 0 Å². The van der Waals surface area contributed by atoms with Crippen LogP contribution in [0.1, 0.15) is 33.1 Å². The first-order valence-electron chi connectivity index (χ1n) is 5.61. The number of hydrogen-bond donors (Lipinski definition) is 1. The van der Waals surface area contributed by atoms with E-state index in [-0.39, 0.29) is 0 Å². The van der Waals surface area contributed by atoms with Crippen LogP contribution in [0.3, 0.4) is 0 Å². The van der Waals surface area contributed by atoms with Crippen molar-refractivity contribution in [1.82, 2.24) is 0 Å². The monoisotopic (exact) mass is 315 g/mol. The minimum absolute atomic E-state index is 0.443. The van der Waals surface area contributed by atoms with Gasteiger partial charge in [0.15, 0.2) is 0 Å². The van der Waals surface area contributed by atoms with Gasteiger partial charge in [-0.2, -0.15) is 0 Å². The van der Waals surface area contributed by atoms with E-state index in [4.69, 9.17) is 0 Å². The number of benzene rings is 1. The highest BCUT2D eigenvalue weighted by atomic mass is 127. The van der Waals surface area contributed by atoms with Gasteiger partial charge in [-0.05, 0) is 53.0 Å². The van der Waals surface area contributed by atoms with Crippen LogP contribution in [0.25, 0.3) is 0 Å². The highest BCUT2D eigenvalue weighted by molar-refractivity contribution is 14.1. The van der Waals surface area contributed by atoms with Gasteiger partial charge in [-0.25, -0.2) is 0 Å². The zero-order chi connectivity index (χ0) is 10.9. The quantitative estimate of drug-likeness (QED) is 0.803. The first-order valence-corrected chi connectivity index (χ1v) is 6.68. The van der Waals surface area contributed by atoms with Crippen LogP contribution in [0.2, 0.25) is 0 Å². The number of anilines is 1. The Morgan fingerprint density at radius 2 is 2.07 bits per heavy atom. The van der Waals surface area contributed by atoms with Crippen molar-refractivity contribution >= 4 is 28.3 Å². The van der Waals surface area contributed by atoms with E-state index in [1.165, 1.54) is 28.5 Å². The minimum atomic E-state index is 0.443. The lowest BCUT2D eigenvalue weighted by molar-refractivity contribution is 0.350. The van der Waals surface area contributed by atoms with Gasteiger partial charge >= 0.3 is 0 Å². The molecule has 1 unspecified atom stereocenters. The summed E-state index contributed by atoms with van der Waals surface area (Å²) in [5, 5.41) is 3.69. The molecule has 0 radical (unpaired) electrons. The molecule has 0 saturated heterocycles. The zero-order valence-electron chi connectivity index (χ0n) is 9.39. The molecular weight excluding hydrogens is 297 g/mol. The summed E-state index contributed by atoms with van der Waals surface area (Å²) >= 11 is 2.40. The van der Waals surface area contributed by atoms with Crippen LogP contribution in [-0.4, -0.2) is 6.04 Å². The molecule has 2 heteroatoms. The van der Waals surface area contributed by atoms with Gasteiger partial charge in [-0.15, -0.1) is 0 Å². The zero-order valence-corrected chi connectivity index (χ0v) is 11.5. The van der Waals surface area contributed by atoms with E-state index in [1.807, 2.05) is 0 Å². The Bertz CT molecular complexity index is 346. The molecule has 1 saturated carbocycles. The molecule has 1 aliphatic carbocycles. The molecule has 1 N–H and O–H groups in total. The molecule has 0 heterocycles. The normalized spacial score (nSPS) is 24.1. The van der Waals surface area contributed by atoms with Crippen LogP contribution in [0, 0.1) is 8.99 Å². The van der Waals surface area contributed by atoms with Crippen LogP contribution in [0.5, 0.6) is 0 Å². The Balaban J connectivity index is 2.12. The van der Waals surface area contributed by atoms with Crippen LogP contribution in [0.15, 0.2) is 24.3 Å². The number of rotatable bonds is 2. The fraction of sp³-hybridized carbons (Fsp3) is 0.538. The third-order valence-electron chi connectivity index (χ3n) is 3.46. The van der Waals surface area contributed by atoms with Gasteiger partial charge in [0.25, 0.3) is 0 Å². The molecule has 1 aromatic rings. The van der Waals surface area contributed by atoms with Gasteiger partial charge in [0.2, 0.25) is 0 Å². The van der Waals surface area contributed by atoms with Crippen LogP contribution < -0.4 is 5.32 Å². The van der Waals surface area contributed by atoms with Crippen molar-refractivity contribution in [2.45, 2.75) is 39.2 Å². The molecule has 2 rings (SSSR count). The second kappa shape index (κ2) is 4.32. The average molecular weight is 315 g/mol. The third-order valence-corrected chi connectivity index (χ3v) is 4.40. The van der Waals surface area contributed by atoms with Gasteiger partial charge in [-0.1, -0.05) is 32.4 Å². The van der Waals surface area contributed by atoms with Crippen molar-refractivity contribution in [3.05, 3.63) is 27.8 Å². The highest BCUT2D eigenvalue weighted by Gasteiger charge is 2.34. The Labute approximate surface area is 106 Å². The second-order valence-corrected chi connectivity index (χ2v) is 6.22. The molecule has 82 valence electrons. The average Bonchev–Trinajstić information content (AvgIpc) is 2.50. The van der Waals surface area contributed by atoms with E-state index in [0.717, 1.165) is 0 Å². The van der Waals surface area contributed by atoms with Gasteiger partial charge < -0.3 is 5.32 Å². The molecule has 1 atom stereocenters. The molecule has 0 aromatic heterocycles. The van der Waals surface area contributed by atoms with E-state index in [2.05, 4.69) is 66.0 Å². The first kappa shape index (κ1) is 11.2. The lowest BCUT2D eigenvalue weighted by atomic mass is 9.87. The summed E-state index contributed by atoms with van der Waals surface area (Å²) in [5.74, 6) is 0. The Kier molecular flexibility index (Phi) is 3.24.